The number of ether oxygens (including phenoxy) is 1. The molecule has 3 aromatic rings. The molecule has 0 atom stereocenters. The normalized spacial score (nSPS) is 13.8. The summed E-state index contributed by atoms with van der Waals surface area (Å²) in [5.41, 5.74) is 3.16. The minimum atomic E-state index is -0.253. The predicted molar refractivity (Wildman–Crippen MR) is 121 cm³/mol. The number of hydrogen-bond acceptors (Lipinski definition) is 4. The van der Waals surface area contributed by atoms with E-state index >= 15 is 0 Å². The van der Waals surface area contributed by atoms with E-state index in [0.29, 0.717) is 41.5 Å². The molecule has 0 unspecified atom stereocenters. The van der Waals surface area contributed by atoms with Gasteiger partial charge in [0, 0.05) is 29.4 Å². The Labute approximate surface area is 179 Å². The van der Waals surface area contributed by atoms with E-state index in [2.05, 4.69) is 21.7 Å². The van der Waals surface area contributed by atoms with Crippen LogP contribution in [0.25, 0.3) is 10.9 Å². The van der Waals surface area contributed by atoms with Crippen molar-refractivity contribution in [1.82, 2.24) is 10.3 Å². The third-order valence-corrected chi connectivity index (χ3v) is 6.08. The Bertz CT molecular complexity index is 1120. The van der Waals surface area contributed by atoms with Crippen LogP contribution < -0.4 is 10.6 Å². The molecule has 1 aromatic heterocycles. The largest absolute Gasteiger partial charge is 0.496 e. The summed E-state index contributed by atoms with van der Waals surface area (Å²) in [6, 6.07) is 15.1. The highest BCUT2D eigenvalue weighted by atomic mass is 32.2. The first-order valence-corrected chi connectivity index (χ1v) is 10.8. The van der Waals surface area contributed by atoms with Gasteiger partial charge in [-0.1, -0.05) is 30.3 Å². The molecule has 1 aliphatic rings. The lowest BCUT2D eigenvalue weighted by Crippen LogP contribution is -2.27. The zero-order valence-corrected chi connectivity index (χ0v) is 17.5. The number of amides is 2. The highest BCUT2D eigenvalue weighted by Gasteiger charge is 2.20. The first-order chi connectivity index (χ1) is 14.6. The van der Waals surface area contributed by atoms with Gasteiger partial charge in [0.25, 0.3) is 11.8 Å². The van der Waals surface area contributed by atoms with Gasteiger partial charge < -0.3 is 20.4 Å². The molecule has 4 rings (SSSR count). The fourth-order valence-corrected chi connectivity index (χ4v) is 4.26. The number of hydrogen-bond donors (Lipinski definition) is 3. The molecule has 3 N–H and O–H groups in total. The van der Waals surface area contributed by atoms with Gasteiger partial charge in [-0.3, -0.25) is 9.59 Å². The second kappa shape index (κ2) is 9.09. The van der Waals surface area contributed by atoms with Crippen LogP contribution in [0.15, 0.2) is 65.4 Å². The summed E-state index contributed by atoms with van der Waals surface area (Å²) in [4.78, 5) is 29.2. The topological polar surface area (TPSA) is 83.2 Å². The first-order valence-electron chi connectivity index (χ1n) is 9.83. The summed E-state index contributed by atoms with van der Waals surface area (Å²) >= 11 is 1.47. The van der Waals surface area contributed by atoms with Crippen LogP contribution in [0.3, 0.4) is 0 Å². The summed E-state index contributed by atoms with van der Waals surface area (Å²) in [6.45, 7) is 2.88. The quantitative estimate of drug-likeness (QED) is 0.560. The van der Waals surface area contributed by atoms with E-state index in [1.165, 1.54) is 11.8 Å². The van der Waals surface area contributed by atoms with Gasteiger partial charge in [-0.05, 0) is 37.1 Å². The van der Waals surface area contributed by atoms with Gasteiger partial charge in [0.1, 0.15) is 10.7 Å². The number of allylic oxidation sites excluding steroid dienone is 1. The molecule has 0 saturated heterocycles. The summed E-state index contributed by atoms with van der Waals surface area (Å²) in [5, 5.41) is 6.98. The molecular formula is C23H23N3O3S. The molecule has 0 spiro atoms. The van der Waals surface area contributed by atoms with Crippen LogP contribution >= 0.6 is 11.8 Å². The lowest BCUT2D eigenvalue weighted by atomic mass is 10.1. The van der Waals surface area contributed by atoms with E-state index in [1.807, 2.05) is 24.4 Å². The van der Waals surface area contributed by atoms with Crippen molar-refractivity contribution in [3.05, 3.63) is 76.5 Å². The molecule has 0 bridgehead atoms. The second-order valence-corrected chi connectivity index (χ2v) is 8.05. The minimum absolute atomic E-state index is 0.219. The molecule has 1 aliphatic heterocycles. The molecule has 2 aromatic carbocycles. The van der Waals surface area contributed by atoms with E-state index < -0.39 is 0 Å². The standard InChI is InChI=1S/C23H23N3O3S/c1-15-21(30-13-12-29-15)23(28)26-20-9-5-3-7-18(20)22(27)24-11-10-16-14-25-19-8-4-2-6-17(16)19/h2-9,14,25H,10-13H2,1H3,(H,24,27)(H,26,28). The van der Waals surface area contributed by atoms with Gasteiger partial charge in [-0.15, -0.1) is 11.8 Å². The van der Waals surface area contributed by atoms with E-state index in [4.69, 9.17) is 4.74 Å². The fraction of sp³-hybridized carbons (Fsp3) is 0.217. The number of carbonyl (C=O) groups is 2. The van der Waals surface area contributed by atoms with Crippen molar-refractivity contribution in [3.63, 3.8) is 0 Å². The number of nitrogens with one attached hydrogen (secondary N) is 3. The molecule has 6 nitrogen and oxygen atoms in total. The van der Waals surface area contributed by atoms with Crippen molar-refractivity contribution in [3.8, 4) is 0 Å². The lowest BCUT2D eigenvalue weighted by molar-refractivity contribution is -0.112. The van der Waals surface area contributed by atoms with E-state index in [0.717, 1.165) is 22.2 Å². The van der Waals surface area contributed by atoms with Crippen molar-refractivity contribution < 1.29 is 14.3 Å². The molecule has 0 saturated carbocycles. The summed E-state index contributed by atoms with van der Waals surface area (Å²) in [7, 11) is 0. The Kier molecular flexibility index (Phi) is 6.09. The van der Waals surface area contributed by atoms with E-state index in [1.54, 1.807) is 31.2 Å². The Morgan fingerprint density at radius 3 is 2.77 bits per heavy atom. The summed E-state index contributed by atoms with van der Waals surface area (Å²) in [5.74, 6) is 0.875. The molecular weight excluding hydrogens is 398 g/mol. The van der Waals surface area contributed by atoms with Crippen LogP contribution in [0.5, 0.6) is 0 Å². The van der Waals surface area contributed by atoms with Crippen molar-refractivity contribution in [1.29, 1.82) is 0 Å². The predicted octanol–water partition coefficient (Wildman–Crippen LogP) is 4.07. The van der Waals surface area contributed by atoms with Crippen molar-refractivity contribution in [2.45, 2.75) is 13.3 Å². The number of para-hydroxylation sites is 2. The van der Waals surface area contributed by atoms with E-state index in [9.17, 15) is 9.59 Å². The second-order valence-electron chi connectivity index (χ2n) is 6.95. The van der Waals surface area contributed by atoms with E-state index in [-0.39, 0.29) is 11.8 Å². The van der Waals surface area contributed by atoms with Crippen LogP contribution in [-0.4, -0.2) is 35.7 Å². The molecule has 30 heavy (non-hydrogen) atoms. The van der Waals surface area contributed by atoms with Gasteiger partial charge in [0.05, 0.1) is 17.9 Å². The Balaban J connectivity index is 1.41. The van der Waals surface area contributed by atoms with Crippen LogP contribution in [0.1, 0.15) is 22.8 Å². The molecule has 0 aliphatic carbocycles. The van der Waals surface area contributed by atoms with Crippen molar-refractivity contribution >= 4 is 40.2 Å². The third-order valence-electron chi connectivity index (χ3n) is 4.95. The maximum Gasteiger partial charge on any atom is 0.265 e. The zero-order valence-electron chi connectivity index (χ0n) is 16.7. The SMILES string of the molecule is CC1=C(C(=O)Nc2ccccc2C(=O)NCCc2c[nH]c3ccccc23)SCCO1. The number of aromatic nitrogens is 1. The maximum absolute atomic E-state index is 12.8. The van der Waals surface area contributed by atoms with Gasteiger partial charge in [0.2, 0.25) is 0 Å². The molecule has 2 heterocycles. The molecule has 154 valence electrons. The summed E-state index contributed by atoms with van der Waals surface area (Å²) in [6.07, 6.45) is 2.69. The Hall–Kier alpha value is -3.19. The molecule has 2 amide bonds. The number of thioether (sulfide) groups is 1. The van der Waals surface area contributed by atoms with Crippen LogP contribution in [0.2, 0.25) is 0 Å². The summed E-state index contributed by atoms with van der Waals surface area (Å²) < 4.78 is 5.46. The number of aromatic amines is 1. The molecule has 7 heteroatoms. The Morgan fingerprint density at radius 1 is 1.10 bits per heavy atom. The van der Waals surface area contributed by atoms with Crippen LogP contribution in [-0.2, 0) is 16.0 Å². The molecule has 0 fully saturated rings. The smallest absolute Gasteiger partial charge is 0.265 e. The maximum atomic E-state index is 12.8. The number of carbonyl (C=O) groups excluding carboxylic acids is 2. The minimum Gasteiger partial charge on any atom is -0.496 e. The number of H-pyrrole nitrogens is 1. The van der Waals surface area contributed by atoms with Gasteiger partial charge in [0.15, 0.2) is 0 Å². The average Bonchev–Trinajstić information content (AvgIpc) is 3.17. The van der Waals surface area contributed by atoms with Gasteiger partial charge in [-0.25, -0.2) is 0 Å². The van der Waals surface area contributed by atoms with Crippen LogP contribution in [0, 0.1) is 0 Å². The monoisotopic (exact) mass is 421 g/mol. The highest BCUT2D eigenvalue weighted by Crippen LogP contribution is 2.27. The van der Waals surface area contributed by atoms with Gasteiger partial charge >= 0.3 is 0 Å². The van der Waals surface area contributed by atoms with Crippen molar-refractivity contribution in [2.24, 2.45) is 0 Å². The number of anilines is 1. The Morgan fingerprint density at radius 2 is 1.90 bits per heavy atom. The number of benzene rings is 2. The zero-order chi connectivity index (χ0) is 20.9. The molecule has 0 radical (unpaired) electrons. The van der Waals surface area contributed by atoms with Crippen LogP contribution in [0.4, 0.5) is 5.69 Å². The average molecular weight is 422 g/mol. The number of fused-ring (bicyclic) bond motifs is 1. The number of rotatable bonds is 6. The van der Waals surface area contributed by atoms with Crippen molar-refractivity contribution in [2.75, 3.05) is 24.2 Å². The van der Waals surface area contributed by atoms with Gasteiger partial charge in [-0.2, -0.15) is 0 Å². The fourth-order valence-electron chi connectivity index (χ4n) is 3.44. The lowest BCUT2D eigenvalue weighted by Gasteiger charge is -2.18. The first kappa shape index (κ1) is 20.1. The third kappa shape index (κ3) is 4.36. The highest BCUT2D eigenvalue weighted by molar-refractivity contribution is 8.04.